The number of aromatic nitrogens is 2. The van der Waals surface area contributed by atoms with Crippen LogP contribution in [0, 0.1) is 6.92 Å². The molecule has 0 spiro atoms. The fourth-order valence-corrected chi connectivity index (χ4v) is 1.65. The maximum absolute atomic E-state index is 6.05. The molecule has 1 aromatic heterocycles. The van der Waals surface area contributed by atoms with E-state index in [0.29, 0.717) is 23.2 Å². The average Bonchev–Trinajstić information content (AvgIpc) is 2.69. The van der Waals surface area contributed by atoms with E-state index in [9.17, 15) is 0 Å². The first-order chi connectivity index (χ1) is 8.06. The lowest BCUT2D eigenvalue weighted by molar-refractivity contribution is 0.420. The second-order valence-corrected chi connectivity index (χ2v) is 4.57. The number of benzene rings is 1. The zero-order valence-electron chi connectivity index (χ0n) is 9.77. The lowest BCUT2D eigenvalue weighted by Crippen LogP contribution is -2.18. The third-order valence-electron chi connectivity index (χ3n) is 2.39. The summed E-state index contributed by atoms with van der Waals surface area (Å²) in [5.41, 5.74) is 7.52. The van der Waals surface area contributed by atoms with E-state index in [-0.39, 0.29) is 6.04 Å². The van der Waals surface area contributed by atoms with Gasteiger partial charge in [0.1, 0.15) is 0 Å². The van der Waals surface area contributed by atoms with Crippen LogP contribution in [0.4, 0.5) is 0 Å². The first-order valence-corrected chi connectivity index (χ1v) is 5.78. The summed E-state index contributed by atoms with van der Waals surface area (Å²) >= 11 is 6.05. The van der Waals surface area contributed by atoms with E-state index in [1.54, 1.807) is 0 Å². The maximum Gasteiger partial charge on any atom is 0.257 e. The van der Waals surface area contributed by atoms with Crippen LogP contribution in [-0.2, 0) is 6.42 Å². The standard InChI is InChI=1S/C12H14ClN3O/c1-7-3-4-9(6-10(7)13)12-15-11(16-17-12)5-8(2)14/h3-4,6,8H,5,14H2,1-2H3. The van der Waals surface area contributed by atoms with Crippen LogP contribution in [0.15, 0.2) is 22.7 Å². The molecule has 17 heavy (non-hydrogen) atoms. The predicted molar refractivity (Wildman–Crippen MR) is 66.8 cm³/mol. The topological polar surface area (TPSA) is 64.9 Å². The molecule has 4 nitrogen and oxygen atoms in total. The summed E-state index contributed by atoms with van der Waals surface area (Å²) in [6.45, 7) is 3.85. The van der Waals surface area contributed by atoms with E-state index in [1.807, 2.05) is 32.0 Å². The highest BCUT2D eigenvalue weighted by atomic mass is 35.5. The average molecular weight is 252 g/mol. The Morgan fingerprint density at radius 3 is 2.88 bits per heavy atom. The summed E-state index contributed by atoms with van der Waals surface area (Å²) in [4.78, 5) is 4.28. The van der Waals surface area contributed by atoms with Gasteiger partial charge in [-0.15, -0.1) is 0 Å². The van der Waals surface area contributed by atoms with Gasteiger partial charge in [-0.25, -0.2) is 0 Å². The van der Waals surface area contributed by atoms with E-state index in [0.717, 1.165) is 11.1 Å². The minimum Gasteiger partial charge on any atom is -0.334 e. The Labute approximate surface area is 105 Å². The first kappa shape index (κ1) is 12.1. The van der Waals surface area contributed by atoms with Crippen LogP contribution in [0.2, 0.25) is 5.02 Å². The highest BCUT2D eigenvalue weighted by Gasteiger charge is 2.10. The summed E-state index contributed by atoms with van der Waals surface area (Å²) in [6, 6.07) is 5.67. The molecule has 0 fully saturated rings. The van der Waals surface area contributed by atoms with E-state index >= 15 is 0 Å². The van der Waals surface area contributed by atoms with Gasteiger partial charge in [-0.05, 0) is 31.5 Å². The highest BCUT2D eigenvalue weighted by molar-refractivity contribution is 6.31. The van der Waals surface area contributed by atoms with E-state index in [2.05, 4.69) is 10.1 Å². The van der Waals surface area contributed by atoms with Crippen molar-refractivity contribution in [3.8, 4) is 11.5 Å². The Hall–Kier alpha value is -1.39. The molecule has 90 valence electrons. The Morgan fingerprint density at radius 2 is 2.24 bits per heavy atom. The zero-order chi connectivity index (χ0) is 12.4. The van der Waals surface area contributed by atoms with Gasteiger partial charge in [-0.2, -0.15) is 4.98 Å². The first-order valence-electron chi connectivity index (χ1n) is 5.41. The molecule has 2 aromatic rings. The molecule has 1 aromatic carbocycles. The quantitative estimate of drug-likeness (QED) is 0.911. The molecule has 1 heterocycles. The van der Waals surface area contributed by atoms with Gasteiger partial charge >= 0.3 is 0 Å². The molecule has 5 heteroatoms. The van der Waals surface area contributed by atoms with Gasteiger partial charge in [0.15, 0.2) is 5.82 Å². The molecule has 1 unspecified atom stereocenters. The van der Waals surface area contributed by atoms with E-state index in [4.69, 9.17) is 21.9 Å². The van der Waals surface area contributed by atoms with Gasteiger partial charge in [0.05, 0.1) is 0 Å². The number of hydrogen-bond donors (Lipinski definition) is 1. The van der Waals surface area contributed by atoms with Crippen molar-refractivity contribution in [3.05, 3.63) is 34.6 Å². The van der Waals surface area contributed by atoms with Crippen LogP contribution in [0.25, 0.3) is 11.5 Å². The van der Waals surface area contributed by atoms with Crippen molar-refractivity contribution < 1.29 is 4.52 Å². The van der Waals surface area contributed by atoms with Gasteiger partial charge in [0.25, 0.3) is 5.89 Å². The summed E-state index contributed by atoms with van der Waals surface area (Å²) in [6.07, 6.45) is 0.600. The molecular weight excluding hydrogens is 238 g/mol. The third-order valence-corrected chi connectivity index (χ3v) is 2.80. The third kappa shape index (κ3) is 2.84. The Kier molecular flexibility index (Phi) is 3.45. The zero-order valence-corrected chi connectivity index (χ0v) is 10.5. The van der Waals surface area contributed by atoms with Crippen molar-refractivity contribution in [1.29, 1.82) is 0 Å². The van der Waals surface area contributed by atoms with Gasteiger partial charge in [-0.1, -0.05) is 22.8 Å². The van der Waals surface area contributed by atoms with Gasteiger partial charge in [0.2, 0.25) is 0 Å². The highest BCUT2D eigenvalue weighted by Crippen LogP contribution is 2.24. The van der Waals surface area contributed by atoms with Crippen LogP contribution in [-0.4, -0.2) is 16.2 Å². The number of halogens is 1. The molecule has 0 aliphatic heterocycles. The van der Waals surface area contributed by atoms with Crippen LogP contribution in [0.5, 0.6) is 0 Å². The van der Waals surface area contributed by atoms with Crippen molar-refractivity contribution >= 4 is 11.6 Å². The van der Waals surface area contributed by atoms with Crippen LogP contribution >= 0.6 is 11.6 Å². The van der Waals surface area contributed by atoms with Gasteiger partial charge in [-0.3, -0.25) is 0 Å². The van der Waals surface area contributed by atoms with Crippen molar-refractivity contribution in [1.82, 2.24) is 10.1 Å². The van der Waals surface area contributed by atoms with E-state index in [1.165, 1.54) is 0 Å². The molecule has 0 bridgehead atoms. The van der Waals surface area contributed by atoms with Crippen LogP contribution in [0.3, 0.4) is 0 Å². The summed E-state index contributed by atoms with van der Waals surface area (Å²) in [7, 11) is 0. The normalized spacial score (nSPS) is 12.7. The summed E-state index contributed by atoms with van der Waals surface area (Å²) in [5.74, 6) is 1.09. The summed E-state index contributed by atoms with van der Waals surface area (Å²) in [5, 5.41) is 4.56. The minimum absolute atomic E-state index is 0.0158. The molecule has 0 aliphatic carbocycles. The van der Waals surface area contributed by atoms with Crippen molar-refractivity contribution in [3.63, 3.8) is 0 Å². The van der Waals surface area contributed by atoms with Crippen molar-refractivity contribution in [2.75, 3.05) is 0 Å². The molecule has 0 amide bonds. The lowest BCUT2D eigenvalue weighted by Gasteiger charge is -1.99. The number of nitrogens with zero attached hydrogens (tertiary/aromatic N) is 2. The Bertz CT molecular complexity index is 522. The predicted octanol–water partition coefficient (Wildman–Crippen LogP) is 2.59. The van der Waals surface area contributed by atoms with Gasteiger partial charge < -0.3 is 10.3 Å². The molecule has 0 radical (unpaired) electrons. The molecular formula is C12H14ClN3O. The second kappa shape index (κ2) is 4.85. The van der Waals surface area contributed by atoms with E-state index < -0.39 is 0 Å². The number of nitrogens with two attached hydrogens (primary N) is 1. The molecule has 2 N–H and O–H groups in total. The molecule has 2 rings (SSSR count). The SMILES string of the molecule is Cc1ccc(-c2nc(CC(C)N)no2)cc1Cl. The molecule has 0 saturated carbocycles. The maximum atomic E-state index is 6.05. The fourth-order valence-electron chi connectivity index (χ4n) is 1.47. The minimum atomic E-state index is 0.0158. The lowest BCUT2D eigenvalue weighted by atomic mass is 10.1. The largest absolute Gasteiger partial charge is 0.334 e. The van der Waals surface area contributed by atoms with Crippen LogP contribution < -0.4 is 5.73 Å². The van der Waals surface area contributed by atoms with Gasteiger partial charge in [0, 0.05) is 23.0 Å². The molecule has 0 aliphatic rings. The monoisotopic (exact) mass is 251 g/mol. The fraction of sp³-hybridized carbons (Fsp3) is 0.333. The van der Waals surface area contributed by atoms with Crippen molar-refractivity contribution in [2.45, 2.75) is 26.3 Å². The Balaban J connectivity index is 2.27. The number of rotatable bonds is 3. The second-order valence-electron chi connectivity index (χ2n) is 4.16. The summed E-state index contributed by atoms with van der Waals surface area (Å²) < 4.78 is 5.17. The van der Waals surface area contributed by atoms with Crippen LogP contribution in [0.1, 0.15) is 18.3 Å². The number of hydrogen-bond acceptors (Lipinski definition) is 4. The Morgan fingerprint density at radius 1 is 1.47 bits per heavy atom. The molecule has 1 atom stereocenters. The number of aryl methyl sites for hydroxylation is 1. The smallest absolute Gasteiger partial charge is 0.257 e. The van der Waals surface area contributed by atoms with Crippen molar-refractivity contribution in [2.24, 2.45) is 5.73 Å². The molecule has 0 saturated heterocycles.